The van der Waals surface area contributed by atoms with Crippen LogP contribution in [0.25, 0.3) is 0 Å². The lowest BCUT2D eigenvalue weighted by Crippen LogP contribution is -2.08. The van der Waals surface area contributed by atoms with Gasteiger partial charge in [-0.15, -0.1) is 0 Å². The number of Topliss-reactive ketones (excluding diaryl/α,β-unsaturated/α-hetero) is 1. The number of ketones is 1. The second-order valence-electron chi connectivity index (χ2n) is 4.17. The minimum atomic E-state index is 0.238. The van der Waals surface area contributed by atoms with Gasteiger partial charge in [0.1, 0.15) is 0 Å². The average molecular weight is 200 g/mol. The quantitative estimate of drug-likeness (QED) is 0.714. The van der Waals surface area contributed by atoms with Gasteiger partial charge in [-0.1, -0.05) is 36.4 Å². The highest BCUT2D eigenvalue weighted by molar-refractivity contribution is 5.93. The van der Waals surface area contributed by atoms with Crippen molar-refractivity contribution in [1.29, 1.82) is 0 Å². The number of hydrogen-bond acceptors (Lipinski definition) is 1. The van der Waals surface area contributed by atoms with Crippen molar-refractivity contribution in [2.75, 3.05) is 0 Å². The van der Waals surface area contributed by atoms with Crippen molar-refractivity contribution < 1.29 is 4.79 Å². The summed E-state index contributed by atoms with van der Waals surface area (Å²) in [6.07, 6.45) is 5.17. The molecule has 0 amide bonds. The number of allylic oxidation sites excluding steroid dienone is 2. The summed E-state index contributed by atoms with van der Waals surface area (Å²) in [4.78, 5) is 11.2. The van der Waals surface area contributed by atoms with E-state index < -0.39 is 0 Å². The molecule has 15 heavy (non-hydrogen) atoms. The zero-order valence-electron chi connectivity index (χ0n) is 9.07. The number of rotatable bonds is 2. The minimum absolute atomic E-state index is 0.238. The van der Waals surface area contributed by atoms with E-state index in [2.05, 4.69) is 30.3 Å². The second kappa shape index (κ2) is 4.43. The molecule has 0 radical (unpaired) electrons. The van der Waals surface area contributed by atoms with E-state index in [0.29, 0.717) is 5.92 Å². The molecule has 1 aromatic carbocycles. The predicted molar refractivity (Wildman–Crippen MR) is 61.8 cm³/mol. The van der Waals surface area contributed by atoms with Crippen LogP contribution in [0.2, 0.25) is 0 Å². The molecule has 0 spiro atoms. The van der Waals surface area contributed by atoms with Gasteiger partial charge in [-0.2, -0.15) is 0 Å². The van der Waals surface area contributed by atoms with Crippen LogP contribution in [-0.2, 0) is 4.79 Å². The Morgan fingerprint density at radius 1 is 1.27 bits per heavy atom. The van der Waals surface area contributed by atoms with E-state index in [0.717, 1.165) is 24.8 Å². The summed E-state index contributed by atoms with van der Waals surface area (Å²) in [5, 5.41) is 0. The Kier molecular flexibility index (Phi) is 3.00. The first-order valence-electron chi connectivity index (χ1n) is 5.52. The van der Waals surface area contributed by atoms with E-state index in [-0.39, 0.29) is 5.78 Å². The number of benzene rings is 1. The fourth-order valence-electron chi connectivity index (χ4n) is 2.18. The molecule has 1 atom stereocenters. The highest BCUT2D eigenvalue weighted by atomic mass is 16.1. The third kappa shape index (κ3) is 2.35. The summed E-state index contributed by atoms with van der Waals surface area (Å²) in [5.74, 6) is 0.843. The molecule has 0 N–H and O–H groups in total. The lowest BCUT2D eigenvalue weighted by Gasteiger charge is -2.21. The van der Waals surface area contributed by atoms with Crippen LogP contribution in [0.3, 0.4) is 0 Å². The van der Waals surface area contributed by atoms with Crippen LogP contribution >= 0.6 is 0 Å². The summed E-state index contributed by atoms with van der Waals surface area (Å²) in [6.45, 7) is 1.66. The van der Waals surface area contributed by atoms with Gasteiger partial charge in [0.15, 0.2) is 5.78 Å². The summed E-state index contributed by atoms with van der Waals surface area (Å²) in [7, 11) is 0. The Morgan fingerprint density at radius 3 is 2.53 bits per heavy atom. The lowest BCUT2D eigenvalue weighted by atomic mass is 9.84. The first kappa shape index (κ1) is 10.2. The fraction of sp³-hybridized carbons (Fsp3) is 0.357. The molecule has 0 saturated heterocycles. The van der Waals surface area contributed by atoms with E-state index in [1.165, 1.54) is 5.56 Å². The Bertz CT molecular complexity index is 376. The molecule has 0 heterocycles. The molecule has 1 nitrogen and oxygen atoms in total. The topological polar surface area (TPSA) is 17.1 Å². The molecular weight excluding hydrogens is 184 g/mol. The molecule has 1 aliphatic rings. The van der Waals surface area contributed by atoms with Gasteiger partial charge in [0.2, 0.25) is 0 Å². The van der Waals surface area contributed by atoms with Gasteiger partial charge in [-0.3, -0.25) is 4.79 Å². The van der Waals surface area contributed by atoms with Gasteiger partial charge < -0.3 is 0 Å². The summed E-state index contributed by atoms with van der Waals surface area (Å²) in [5.41, 5.74) is 2.42. The minimum Gasteiger partial charge on any atom is -0.295 e. The van der Waals surface area contributed by atoms with E-state index >= 15 is 0 Å². The van der Waals surface area contributed by atoms with Crippen molar-refractivity contribution in [1.82, 2.24) is 0 Å². The second-order valence-corrected chi connectivity index (χ2v) is 4.17. The molecule has 1 aromatic rings. The summed E-state index contributed by atoms with van der Waals surface area (Å²) in [6, 6.07) is 10.6. The molecule has 0 saturated carbocycles. The third-order valence-electron chi connectivity index (χ3n) is 3.13. The van der Waals surface area contributed by atoms with Crippen LogP contribution in [0.4, 0.5) is 0 Å². The Labute approximate surface area is 90.8 Å². The molecule has 0 fully saturated rings. The highest BCUT2D eigenvalue weighted by Gasteiger charge is 2.17. The van der Waals surface area contributed by atoms with Crippen molar-refractivity contribution >= 4 is 5.78 Å². The molecule has 78 valence electrons. The molecule has 0 bridgehead atoms. The van der Waals surface area contributed by atoms with Gasteiger partial charge >= 0.3 is 0 Å². The van der Waals surface area contributed by atoms with Crippen molar-refractivity contribution in [3.63, 3.8) is 0 Å². The molecule has 0 aliphatic heterocycles. The van der Waals surface area contributed by atoms with Gasteiger partial charge in [0.25, 0.3) is 0 Å². The van der Waals surface area contributed by atoms with E-state index in [1.807, 2.05) is 6.07 Å². The molecular formula is C14H16O. The van der Waals surface area contributed by atoms with Crippen LogP contribution < -0.4 is 0 Å². The first-order valence-corrected chi connectivity index (χ1v) is 5.52. The third-order valence-corrected chi connectivity index (χ3v) is 3.13. The number of carbonyl (C=O) groups is 1. The molecule has 1 heteroatoms. The molecule has 0 aromatic heterocycles. The Hall–Kier alpha value is -1.37. The van der Waals surface area contributed by atoms with Crippen molar-refractivity contribution in [3.8, 4) is 0 Å². The van der Waals surface area contributed by atoms with E-state index in [4.69, 9.17) is 0 Å². The number of hydrogen-bond donors (Lipinski definition) is 0. The zero-order valence-corrected chi connectivity index (χ0v) is 9.07. The summed E-state index contributed by atoms with van der Waals surface area (Å²) >= 11 is 0. The highest BCUT2D eigenvalue weighted by Crippen LogP contribution is 2.31. The maximum Gasteiger partial charge on any atom is 0.155 e. The van der Waals surface area contributed by atoms with Gasteiger partial charge in [-0.25, -0.2) is 0 Å². The van der Waals surface area contributed by atoms with E-state index in [9.17, 15) is 4.79 Å². The van der Waals surface area contributed by atoms with Crippen molar-refractivity contribution in [2.45, 2.75) is 32.1 Å². The fourth-order valence-corrected chi connectivity index (χ4v) is 2.18. The van der Waals surface area contributed by atoms with Gasteiger partial charge in [0.05, 0.1) is 0 Å². The summed E-state index contributed by atoms with van der Waals surface area (Å²) < 4.78 is 0. The van der Waals surface area contributed by atoms with E-state index in [1.54, 1.807) is 6.92 Å². The van der Waals surface area contributed by atoms with Crippen LogP contribution in [0.5, 0.6) is 0 Å². The zero-order chi connectivity index (χ0) is 10.7. The standard InChI is InChI=1S/C14H16O/c1-11(15)12-7-9-14(10-8-12)13-5-3-2-4-6-13/h2-7,14H,8-10H2,1H3. The smallest absolute Gasteiger partial charge is 0.155 e. The Balaban J connectivity index is 2.09. The maximum absolute atomic E-state index is 11.2. The molecule has 1 aliphatic carbocycles. The predicted octanol–water partition coefficient (Wildman–Crippen LogP) is 3.47. The maximum atomic E-state index is 11.2. The normalized spacial score (nSPS) is 20.9. The monoisotopic (exact) mass is 200 g/mol. The van der Waals surface area contributed by atoms with Crippen LogP contribution in [0.1, 0.15) is 37.7 Å². The number of carbonyl (C=O) groups excluding carboxylic acids is 1. The Morgan fingerprint density at radius 2 is 2.00 bits per heavy atom. The first-order chi connectivity index (χ1) is 7.27. The van der Waals surface area contributed by atoms with Crippen LogP contribution in [-0.4, -0.2) is 5.78 Å². The molecule has 2 rings (SSSR count). The molecule has 1 unspecified atom stereocenters. The van der Waals surface area contributed by atoms with Crippen LogP contribution in [0, 0.1) is 0 Å². The average Bonchev–Trinajstić information content (AvgIpc) is 2.30. The lowest BCUT2D eigenvalue weighted by molar-refractivity contribution is -0.113. The largest absolute Gasteiger partial charge is 0.295 e. The SMILES string of the molecule is CC(=O)C1=CCC(c2ccccc2)CC1. The van der Waals surface area contributed by atoms with Crippen molar-refractivity contribution in [3.05, 3.63) is 47.5 Å². The van der Waals surface area contributed by atoms with Gasteiger partial charge in [-0.05, 0) is 43.2 Å². The van der Waals surface area contributed by atoms with Gasteiger partial charge in [0, 0.05) is 0 Å². The van der Waals surface area contributed by atoms with Crippen molar-refractivity contribution in [2.24, 2.45) is 0 Å². The van der Waals surface area contributed by atoms with Crippen LogP contribution in [0.15, 0.2) is 42.0 Å².